The Morgan fingerprint density at radius 3 is 2.68 bits per heavy atom. The fourth-order valence-electron chi connectivity index (χ4n) is 1.52. The lowest BCUT2D eigenvalue weighted by molar-refractivity contribution is -0.385. The van der Waals surface area contributed by atoms with Crippen molar-refractivity contribution < 1.29 is 23.9 Å². The van der Waals surface area contributed by atoms with E-state index in [0.29, 0.717) is 0 Å². The largest absolute Gasteiger partial charge is 0.490 e. The van der Waals surface area contributed by atoms with Crippen molar-refractivity contribution >= 4 is 11.4 Å². The van der Waals surface area contributed by atoms with Crippen LogP contribution in [0.5, 0.6) is 5.75 Å². The maximum Gasteiger partial charge on any atom is 0.313 e. The summed E-state index contributed by atoms with van der Waals surface area (Å²) in [5.41, 5.74) is -0.462. The summed E-state index contributed by atoms with van der Waals surface area (Å²) in [5.74, 6) is -0.870. The minimum Gasteiger partial charge on any atom is -0.490 e. The number of hydrogen-bond donors (Lipinski definition) is 2. The molecule has 0 saturated carbocycles. The highest BCUT2D eigenvalue weighted by Gasteiger charge is 2.20. The van der Waals surface area contributed by atoms with E-state index in [1.807, 2.05) is 0 Å². The molecule has 0 radical (unpaired) electrons. The number of hydrogen-bond acceptors (Lipinski definition) is 6. The van der Waals surface area contributed by atoms with Gasteiger partial charge in [-0.2, -0.15) is 0 Å². The molecule has 0 spiro atoms. The van der Waals surface area contributed by atoms with Gasteiger partial charge in [0.15, 0.2) is 11.6 Å². The summed E-state index contributed by atoms with van der Waals surface area (Å²) in [6.07, 6.45) is 0. The smallest absolute Gasteiger partial charge is 0.313 e. The maximum atomic E-state index is 13.7. The molecule has 1 atom stereocenters. The molecule has 0 aliphatic heterocycles. The van der Waals surface area contributed by atoms with E-state index >= 15 is 0 Å². The number of nitrogens with zero attached hydrogens (tertiary/aromatic N) is 1. The molecule has 8 heteroatoms. The predicted octanol–water partition coefficient (Wildman–Crippen LogP) is 1.16. The zero-order chi connectivity index (χ0) is 14.4. The second kappa shape index (κ2) is 6.86. The van der Waals surface area contributed by atoms with Crippen molar-refractivity contribution in [3.05, 3.63) is 28.1 Å². The first kappa shape index (κ1) is 15.1. The van der Waals surface area contributed by atoms with Crippen LogP contribution < -0.4 is 10.1 Å². The molecule has 0 heterocycles. The molecule has 2 N–H and O–H groups in total. The molecular weight excluding hydrogens is 259 g/mol. The Kier molecular flexibility index (Phi) is 5.46. The number of nitro benzene ring substituents is 1. The minimum absolute atomic E-state index is 0.00134. The molecule has 0 fully saturated rings. The first-order valence-electron chi connectivity index (χ1n) is 5.41. The second-order valence-electron chi connectivity index (χ2n) is 3.74. The van der Waals surface area contributed by atoms with Gasteiger partial charge >= 0.3 is 5.69 Å². The summed E-state index contributed by atoms with van der Waals surface area (Å²) >= 11 is 0. The van der Waals surface area contributed by atoms with Gasteiger partial charge in [0.05, 0.1) is 43.0 Å². The van der Waals surface area contributed by atoms with Crippen molar-refractivity contribution in [3.63, 3.8) is 0 Å². The van der Waals surface area contributed by atoms with Crippen molar-refractivity contribution in [2.75, 3.05) is 32.8 Å². The number of halogens is 1. The molecular formula is C11H15FN2O5. The summed E-state index contributed by atoms with van der Waals surface area (Å²) < 4.78 is 23.4. The third-order valence-corrected chi connectivity index (χ3v) is 2.41. The van der Waals surface area contributed by atoms with Crippen LogP contribution in [0.3, 0.4) is 0 Å². The normalized spacial score (nSPS) is 12.0. The number of anilines is 1. The highest BCUT2D eigenvalue weighted by molar-refractivity contribution is 5.59. The standard InChI is InChI=1S/C11H15FN2O5/c1-18-6-7(5-15)13-9-4-11(19-2)10(14(16)17)3-8(9)12/h3-4,7,13,15H,5-6H2,1-2H3. The number of ether oxygens (including phenoxy) is 2. The third-order valence-electron chi connectivity index (χ3n) is 2.41. The highest BCUT2D eigenvalue weighted by Crippen LogP contribution is 2.32. The average Bonchev–Trinajstić information content (AvgIpc) is 2.39. The van der Waals surface area contributed by atoms with Crippen molar-refractivity contribution in [3.8, 4) is 5.75 Å². The third kappa shape index (κ3) is 3.76. The highest BCUT2D eigenvalue weighted by atomic mass is 19.1. The Morgan fingerprint density at radius 1 is 1.53 bits per heavy atom. The summed E-state index contributed by atoms with van der Waals surface area (Å²) in [5, 5.41) is 22.5. The van der Waals surface area contributed by atoms with Gasteiger partial charge in [-0.1, -0.05) is 0 Å². The first-order chi connectivity index (χ1) is 9.03. The molecule has 0 aliphatic rings. The van der Waals surface area contributed by atoms with Gasteiger partial charge in [0.25, 0.3) is 0 Å². The molecule has 1 rings (SSSR count). The van der Waals surface area contributed by atoms with Crippen LogP contribution in [0.15, 0.2) is 12.1 Å². The Bertz CT molecular complexity index is 455. The van der Waals surface area contributed by atoms with Gasteiger partial charge < -0.3 is 19.9 Å². The first-order valence-corrected chi connectivity index (χ1v) is 5.41. The Balaban J connectivity index is 3.05. The predicted molar refractivity (Wildman–Crippen MR) is 66.0 cm³/mol. The van der Waals surface area contributed by atoms with Crippen LogP contribution in [-0.2, 0) is 4.74 Å². The Labute approximate surface area is 109 Å². The molecule has 1 aromatic carbocycles. The lowest BCUT2D eigenvalue weighted by atomic mass is 10.2. The molecule has 0 saturated heterocycles. The molecule has 19 heavy (non-hydrogen) atoms. The fraction of sp³-hybridized carbons (Fsp3) is 0.455. The molecule has 7 nitrogen and oxygen atoms in total. The Morgan fingerprint density at radius 2 is 2.21 bits per heavy atom. The van der Waals surface area contributed by atoms with Gasteiger partial charge in [-0.05, 0) is 0 Å². The number of benzene rings is 1. The number of nitrogens with one attached hydrogen (secondary N) is 1. The number of nitro groups is 1. The zero-order valence-corrected chi connectivity index (χ0v) is 10.6. The topological polar surface area (TPSA) is 93.9 Å². The Hall–Kier alpha value is -1.93. The van der Waals surface area contributed by atoms with Gasteiger partial charge in [0, 0.05) is 13.2 Å². The molecule has 1 unspecified atom stereocenters. The SMILES string of the molecule is COCC(CO)Nc1cc(OC)c([N+](=O)[O-])cc1F. The van der Waals surface area contributed by atoms with Gasteiger partial charge in [0.1, 0.15) is 0 Å². The van der Waals surface area contributed by atoms with Crippen LogP contribution in [-0.4, -0.2) is 43.5 Å². The molecule has 0 bridgehead atoms. The van der Waals surface area contributed by atoms with E-state index in [4.69, 9.17) is 14.6 Å². The van der Waals surface area contributed by atoms with Crippen LogP contribution in [0.25, 0.3) is 0 Å². The van der Waals surface area contributed by atoms with E-state index < -0.39 is 22.5 Å². The number of aliphatic hydroxyl groups excluding tert-OH is 1. The van der Waals surface area contributed by atoms with Crippen molar-refractivity contribution in [2.24, 2.45) is 0 Å². The lowest BCUT2D eigenvalue weighted by Crippen LogP contribution is -2.29. The van der Waals surface area contributed by atoms with E-state index in [0.717, 1.165) is 6.07 Å². The molecule has 0 aliphatic carbocycles. The lowest BCUT2D eigenvalue weighted by Gasteiger charge is -2.17. The summed E-state index contributed by atoms with van der Waals surface area (Å²) in [7, 11) is 2.69. The average molecular weight is 274 g/mol. The van der Waals surface area contributed by atoms with Crippen LogP contribution in [0.2, 0.25) is 0 Å². The maximum absolute atomic E-state index is 13.7. The minimum atomic E-state index is -0.804. The van der Waals surface area contributed by atoms with Gasteiger partial charge in [-0.25, -0.2) is 4.39 Å². The van der Waals surface area contributed by atoms with Gasteiger partial charge in [-0.15, -0.1) is 0 Å². The van der Waals surface area contributed by atoms with Crippen molar-refractivity contribution in [1.29, 1.82) is 0 Å². The second-order valence-corrected chi connectivity index (χ2v) is 3.74. The fourth-order valence-corrected chi connectivity index (χ4v) is 1.52. The van der Waals surface area contributed by atoms with Crippen molar-refractivity contribution in [1.82, 2.24) is 0 Å². The monoisotopic (exact) mass is 274 g/mol. The molecule has 0 amide bonds. The number of methoxy groups -OCH3 is 2. The quantitative estimate of drug-likeness (QED) is 0.572. The molecule has 106 valence electrons. The van der Waals surface area contributed by atoms with Crippen molar-refractivity contribution in [2.45, 2.75) is 6.04 Å². The van der Waals surface area contributed by atoms with Gasteiger partial charge in [0.2, 0.25) is 0 Å². The van der Waals surface area contributed by atoms with E-state index in [1.165, 1.54) is 20.3 Å². The number of rotatable bonds is 7. The van der Waals surface area contributed by atoms with Crippen LogP contribution in [0.1, 0.15) is 0 Å². The van der Waals surface area contributed by atoms with E-state index in [-0.39, 0.29) is 24.7 Å². The van der Waals surface area contributed by atoms with Gasteiger partial charge in [-0.3, -0.25) is 10.1 Å². The van der Waals surface area contributed by atoms with Crippen LogP contribution in [0.4, 0.5) is 15.8 Å². The summed E-state index contributed by atoms with van der Waals surface area (Å²) in [6.45, 7) is -0.109. The van der Waals surface area contributed by atoms with Crippen LogP contribution in [0, 0.1) is 15.9 Å². The molecule has 0 aromatic heterocycles. The number of aliphatic hydroxyl groups is 1. The summed E-state index contributed by atoms with van der Waals surface area (Å²) in [4.78, 5) is 9.97. The molecule has 1 aromatic rings. The van der Waals surface area contributed by atoms with E-state index in [2.05, 4.69) is 5.32 Å². The van der Waals surface area contributed by atoms with Crippen LogP contribution >= 0.6 is 0 Å². The van der Waals surface area contributed by atoms with E-state index in [1.54, 1.807) is 0 Å². The zero-order valence-electron chi connectivity index (χ0n) is 10.6. The van der Waals surface area contributed by atoms with E-state index in [9.17, 15) is 14.5 Å². The summed E-state index contributed by atoms with van der Waals surface area (Å²) in [6, 6.07) is 1.42.